The van der Waals surface area contributed by atoms with Crippen LogP contribution in [0.5, 0.6) is 0 Å². The van der Waals surface area contributed by atoms with Gasteiger partial charge in [-0.05, 0) is 45.5 Å². The van der Waals surface area contributed by atoms with Crippen LogP contribution in [0.25, 0.3) is 65.3 Å². The average Bonchev–Trinajstić information content (AvgIpc) is 3.77. The third-order valence-electron chi connectivity index (χ3n) is 8.60. The Labute approximate surface area is 305 Å². The minimum atomic E-state index is 0. The molecule has 0 aliphatic carbocycles. The fraction of sp³-hybridized carbons (Fsp3) is 0.130. The molecule has 0 N–H and O–H groups in total. The van der Waals surface area contributed by atoms with E-state index in [1.54, 1.807) is 0 Å². The van der Waals surface area contributed by atoms with Gasteiger partial charge in [0, 0.05) is 0 Å². The third-order valence-corrected chi connectivity index (χ3v) is 8.60. The van der Waals surface area contributed by atoms with Crippen molar-refractivity contribution >= 4 is 59.1 Å². The SMILES string of the molecule is CCc1cc2c(-c3cccc4ccccc34)cccc2[cH-]1.CCc1cc2c(-c3cccc4ccccc34)cccc2[cH-]1.C[CH-]C.[CH-]=[SiH2].[Ti+4]. The zero-order valence-electron chi connectivity index (χ0n) is 28.6. The molecule has 0 spiro atoms. The van der Waals surface area contributed by atoms with Crippen molar-refractivity contribution in [3.63, 3.8) is 0 Å². The largest absolute Gasteiger partial charge is 4.00 e. The predicted molar refractivity (Wildman–Crippen MR) is 214 cm³/mol. The summed E-state index contributed by atoms with van der Waals surface area (Å²) in [5.74, 6) is 0. The maximum Gasteiger partial charge on any atom is 4.00 e. The van der Waals surface area contributed by atoms with Crippen molar-refractivity contribution in [1.82, 2.24) is 0 Å². The first-order valence-corrected chi connectivity index (χ1v) is 17.4. The van der Waals surface area contributed by atoms with Crippen LogP contribution in [0.1, 0.15) is 38.8 Å². The summed E-state index contributed by atoms with van der Waals surface area (Å²) in [7, 11) is 1.36. The molecule has 8 rings (SSSR count). The van der Waals surface area contributed by atoms with Gasteiger partial charge in [0.25, 0.3) is 0 Å². The molecule has 0 fully saturated rings. The van der Waals surface area contributed by atoms with Crippen molar-refractivity contribution in [2.24, 2.45) is 0 Å². The molecule has 0 amide bonds. The maximum atomic E-state index is 4.53. The zero-order chi connectivity index (χ0) is 33.2. The van der Waals surface area contributed by atoms with Gasteiger partial charge < -0.3 is 12.6 Å². The summed E-state index contributed by atoms with van der Waals surface area (Å²) < 4.78 is 0. The minimum Gasteiger partial charge on any atom is -0.533 e. The van der Waals surface area contributed by atoms with Crippen molar-refractivity contribution < 1.29 is 21.7 Å². The summed E-state index contributed by atoms with van der Waals surface area (Å²) in [5.41, 5.74) is 8.15. The average molecular weight is 673 g/mol. The molecule has 0 saturated heterocycles. The van der Waals surface area contributed by atoms with Crippen LogP contribution < -0.4 is 0 Å². The first kappa shape index (κ1) is 36.7. The van der Waals surface area contributed by atoms with Gasteiger partial charge in [0.2, 0.25) is 0 Å². The summed E-state index contributed by atoms with van der Waals surface area (Å²) in [6.07, 6.45) is 8.70. The third kappa shape index (κ3) is 7.93. The summed E-state index contributed by atoms with van der Waals surface area (Å²) in [5, 5.41) is 10.7. The molecule has 0 aromatic heterocycles. The summed E-state index contributed by atoms with van der Waals surface area (Å²) in [6.45, 7) is 8.43. The van der Waals surface area contributed by atoms with E-state index in [2.05, 4.69) is 166 Å². The zero-order valence-corrected chi connectivity index (χ0v) is 31.6. The van der Waals surface area contributed by atoms with Crippen LogP contribution in [-0.4, -0.2) is 16.0 Å². The van der Waals surface area contributed by atoms with E-state index in [4.69, 9.17) is 0 Å². The first-order chi connectivity index (χ1) is 23.1. The Morgan fingerprint density at radius 3 is 1.17 bits per heavy atom. The van der Waals surface area contributed by atoms with Crippen molar-refractivity contribution in [1.29, 1.82) is 0 Å². The summed E-state index contributed by atoms with van der Waals surface area (Å²) in [4.78, 5) is 0. The second kappa shape index (κ2) is 17.9. The van der Waals surface area contributed by atoms with E-state index in [0.717, 1.165) is 12.8 Å². The fourth-order valence-electron chi connectivity index (χ4n) is 6.39. The molecule has 0 aliphatic rings. The second-order valence-electron chi connectivity index (χ2n) is 11.7. The topological polar surface area (TPSA) is 0 Å². The predicted octanol–water partition coefficient (Wildman–Crippen LogP) is 12.0. The second-order valence-corrected chi connectivity index (χ2v) is 11.7. The number of rotatable bonds is 4. The number of hydrogen-bond acceptors (Lipinski definition) is 0. The molecule has 0 heterocycles. The van der Waals surface area contributed by atoms with Crippen LogP contribution in [0, 0.1) is 6.42 Å². The molecular formula is C46H44SiTi. The Morgan fingerprint density at radius 2 is 0.792 bits per heavy atom. The van der Waals surface area contributed by atoms with E-state index in [1.807, 2.05) is 20.3 Å². The van der Waals surface area contributed by atoms with Gasteiger partial charge in [-0.3, -0.25) is 0 Å². The van der Waals surface area contributed by atoms with E-state index in [1.165, 1.54) is 86.3 Å². The minimum absolute atomic E-state index is 0. The van der Waals surface area contributed by atoms with Crippen LogP contribution in [0.15, 0.2) is 146 Å². The van der Waals surface area contributed by atoms with Crippen molar-refractivity contribution in [2.45, 2.75) is 40.5 Å². The van der Waals surface area contributed by atoms with Gasteiger partial charge in [-0.1, -0.05) is 122 Å². The van der Waals surface area contributed by atoms with Gasteiger partial charge in [0.05, 0.1) is 0 Å². The van der Waals surface area contributed by atoms with Gasteiger partial charge >= 0.3 is 21.7 Å². The molecule has 0 bridgehead atoms. The van der Waals surface area contributed by atoms with Crippen LogP contribution in [-0.2, 0) is 34.6 Å². The van der Waals surface area contributed by atoms with Gasteiger partial charge in [-0.2, -0.15) is 26.0 Å². The Morgan fingerprint density at radius 1 is 0.479 bits per heavy atom. The van der Waals surface area contributed by atoms with Crippen LogP contribution >= 0.6 is 0 Å². The molecular weight excluding hydrogens is 628 g/mol. The monoisotopic (exact) mass is 672 g/mol. The Hall–Kier alpha value is -4.14. The number of aryl methyl sites for hydroxylation is 2. The smallest absolute Gasteiger partial charge is 0.533 e. The first-order valence-electron chi connectivity index (χ1n) is 16.6. The van der Waals surface area contributed by atoms with E-state index >= 15 is 0 Å². The standard InChI is InChI=1S/2C21H17.C3H7.CH3Si.Ti/c2*1-2-15-13-17-9-6-12-20(21(17)14-15)19-11-5-8-16-7-3-4-10-18(16)19;1-3-2;1-2;/h2*3-14H,2H2,1H3;3H,1-2H3;1H,2H2;/q4*-1;+4. The molecule has 0 aliphatic heterocycles. The Balaban J connectivity index is 0.000000188. The van der Waals surface area contributed by atoms with Crippen LogP contribution in [0.3, 0.4) is 0 Å². The van der Waals surface area contributed by atoms with E-state index in [0.29, 0.717) is 0 Å². The molecule has 8 aromatic carbocycles. The van der Waals surface area contributed by atoms with E-state index in [-0.39, 0.29) is 21.7 Å². The molecule has 0 saturated carbocycles. The van der Waals surface area contributed by atoms with Crippen molar-refractivity contribution in [3.8, 4) is 22.3 Å². The molecule has 236 valence electrons. The van der Waals surface area contributed by atoms with Gasteiger partial charge in [0.1, 0.15) is 0 Å². The Kier molecular flexibility index (Phi) is 13.6. The van der Waals surface area contributed by atoms with Gasteiger partial charge in [0.15, 0.2) is 0 Å². The maximum absolute atomic E-state index is 4.53. The number of fused-ring (bicyclic) bond motifs is 4. The van der Waals surface area contributed by atoms with Gasteiger partial charge in [-0.25, -0.2) is 9.85 Å². The van der Waals surface area contributed by atoms with Crippen LogP contribution in [0.4, 0.5) is 0 Å². The van der Waals surface area contributed by atoms with Crippen molar-refractivity contribution in [2.75, 3.05) is 0 Å². The molecule has 0 nitrogen and oxygen atoms in total. The van der Waals surface area contributed by atoms with Crippen molar-refractivity contribution in [3.05, 3.63) is 163 Å². The molecule has 8 aromatic rings. The summed E-state index contributed by atoms with van der Waals surface area (Å²) in [6, 6.07) is 52.9. The van der Waals surface area contributed by atoms with Crippen LogP contribution in [0.2, 0.25) is 0 Å². The molecule has 2 heteroatoms. The number of hydrogen-bond donors (Lipinski definition) is 0. The normalized spacial score (nSPS) is 10.3. The Bertz CT molecular complexity index is 2050. The van der Waals surface area contributed by atoms with E-state index in [9.17, 15) is 0 Å². The number of benzene rings is 6. The molecule has 0 radical (unpaired) electrons. The molecule has 0 unspecified atom stereocenters. The van der Waals surface area contributed by atoms with E-state index < -0.39 is 0 Å². The summed E-state index contributed by atoms with van der Waals surface area (Å²) >= 11 is 0. The molecule has 48 heavy (non-hydrogen) atoms. The van der Waals surface area contributed by atoms with Gasteiger partial charge in [-0.15, -0.1) is 69.1 Å². The molecule has 0 atom stereocenters. The quantitative estimate of drug-likeness (QED) is 0.129. The fourth-order valence-corrected chi connectivity index (χ4v) is 6.39.